The molecule has 1 heteroatoms. The molecule has 0 saturated heterocycles. The van der Waals surface area contributed by atoms with E-state index in [1.54, 1.807) is 5.57 Å². The van der Waals surface area contributed by atoms with Gasteiger partial charge in [-0.3, -0.25) is 0 Å². The van der Waals surface area contributed by atoms with Crippen LogP contribution >= 0.6 is 0 Å². The summed E-state index contributed by atoms with van der Waals surface area (Å²) in [5.74, 6) is 1.39. The molecule has 3 aliphatic carbocycles. The molecule has 0 amide bonds. The van der Waals surface area contributed by atoms with E-state index >= 15 is 0 Å². The van der Waals surface area contributed by atoms with Gasteiger partial charge in [-0.15, -0.1) is 0 Å². The van der Waals surface area contributed by atoms with Crippen LogP contribution in [0.1, 0.15) is 25.7 Å². The van der Waals surface area contributed by atoms with Gasteiger partial charge in [0.2, 0.25) is 0 Å². The quantitative estimate of drug-likeness (QED) is 0.749. The first-order chi connectivity index (χ1) is 9.34. The third kappa shape index (κ3) is 1.61. The Morgan fingerprint density at radius 1 is 0.947 bits per heavy atom. The fourth-order valence-corrected chi connectivity index (χ4v) is 4.01. The van der Waals surface area contributed by atoms with Crippen molar-refractivity contribution in [2.75, 3.05) is 0 Å². The minimum absolute atomic E-state index is 0.683. The highest BCUT2D eigenvalue weighted by molar-refractivity contribution is 5.73. The second-order valence-corrected chi connectivity index (χ2v) is 5.91. The van der Waals surface area contributed by atoms with E-state index in [1.165, 1.54) is 35.3 Å². The van der Waals surface area contributed by atoms with Crippen LogP contribution in [0, 0.1) is 11.8 Å². The van der Waals surface area contributed by atoms with E-state index in [0.717, 1.165) is 12.1 Å². The van der Waals surface area contributed by atoms with Crippen LogP contribution in [0.5, 0.6) is 0 Å². The zero-order chi connectivity index (χ0) is 12.8. The van der Waals surface area contributed by atoms with Gasteiger partial charge in [0.1, 0.15) is 0 Å². The summed E-state index contributed by atoms with van der Waals surface area (Å²) in [5, 5.41) is 2.84. The van der Waals surface area contributed by atoms with Crippen LogP contribution in [0.4, 0.5) is 0 Å². The molecule has 0 aromatic heterocycles. The van der Waals surface area contributed by atoms with Crippen molar-refractivity contribution in [3.8, 4) is 0 Å². The van der Waals surface area contributed by atoms with E-state index in [9.17, 15) is 0 Å². The van der Waals surface area contributed by atoms with Gasteiger partial charge in [0.25, 0.3) is 0 Å². The molecule has 1 nitrogen and oxygen atoms in total. The maximum Gasteiger partial charge on any atom is 0.00837 e. The molecule has 2 N–H and O–H groups in total. The summed E-state index contributed by atoms with van der Waals surface area (Å²) in [6.45, 7) is 0. The Bertz CT molecular complexity index is 705. The summed E-state index contributed by atoms with van der Waals surface area (Å²) in [7, 11) is 0. The van der Waals surface area contributed by atoms with E-state index in [0.29, 0.717) is 11.8 Å². The number of fused-ring (bicyclic) bond motifs is 4. The average molecular weight is 249 g/mol. The van der Waals surface area contributed by atoms with Crippen molar-refractivity contribution in [2.24, 2.45) is 17.6 Å². The predicted octanol–water partition coefficient (Wildman–Crippen LogP) is 2.22. The summed E-state index contributed by atoms with van der Waals surface area (Å²) in [6, 6.07) is 8.84. The van der Waals surface area contributed by atoms with Crippen molar-refractivity contribution in [1.29, 1.82) is 0 Å². The SMILES string of the molecule is NC1=CC2=c3ccccc3=C3C=CCCC3C2CC1. The van der Waals surface area contributed by atoms with E-state index in [4.69, 9.17) is 5.73 Å². The van der Waals surface area contributed by atoms with Gasteiger partial charge in [-0.05, 0) is 65.2 Å². The summed E-state index contributed by atoms with van der Waals surface area (Å²) in [5.41, 5.74) is 10.2. The number of hydrogen-bond donors (Lipinski definition) is 1. The van der Waals surface area contributed by atoms with Crippen LogP contribution in [-0.2, 0) is 0 Å². The van der Waals surface area contributed by atoms with Gasteiger partial charge < -0.3 is 5.73 Å². The summed E-state index contributed by atoms with van der Waals surface area (Å²) >= 11 is 0. The minimum Gasteiger partial charge on any atom is -0.402 e. The number of benzene rings is 1. The van der Waals surface area contributed by atoms with Crippen molar-refractivity contribution < 1.29 is 0 Å². The molecule has 0 fully saturated rings. The molecule has 0 radical (unpaired) electrons. The number of hydrogen-bond acceptors (Lipinski definition) is 1. The first-order valence-corrected chi connectivity index (χ1v) is 7.30. The molecule has 19 heavy (non-hydrogen) atoms. The Balaban J connectivity index is 2.13. The van der Waals surface area contributed by atoms with Crippen LogP contribution < -0.4 is 16.2 Å². The van der Waals surface area contributed by atoms with E-state index in [2.05, 4.69) is 42.5 Å². The highest BCUT2D eigenvalue weighted by atomic mass is 14.6. The van der Waals surface area contributed by atoms with Crippen LogP contribution in [0.25, 0.3) is 11.1 Å². The molecule has 0 aliphatic heterocycles. The third-order valence-electron chi connectivity index (χ3n) is 4.86. The average Bonchev–Trinajstić information content (AvgIpc) is 2.47. The second kappa shape index (κ2) is 4.12. The lowest BCUT2D eigenvalue weighted by Gasteiger charge is -2.36. The van der Waals surface area contributed by atoms with E-state index < -0.39 is 0 Å². The fourth-order valence-electron chi connectivity index (χ4n) is 4.01. The molecule has 0 heterocycles. The van der Waals surface area contributed by atoms with Crippen LogP contribution in [-0.4, -0.2) is 0 Å². The van der Waals surface area contributed by atoms with Gasteiger partial charge in [-0.2, -0.15) is 0 Å². The van der Waals surface area contributed by atoms with Gasteiger partial charge in [0.05, 0.1) is 0 Å². The molecule has 0 bridgehead atoms. The third-order valence-corrected chi connectivity index (χ3v) is 4.86. The molecule has 0 spiro atoms. The summed E-state index contributed by atoms with van der Waals surface area (Å²) in [6.07, 6.45) is 11.7. The lowest BCUT2D eigenvalue weighted by atomic mass is 9.68. The number of allylic oxidation sites excluding steroid dienone is 4. The van der Waals surface area contributed by atoms with Gasteiger partial charge in [-0.1, -0.05) is 36.4 Å². The molecule has 96 valence electrons. The molecule has 1 aromatic carbocycles. The molecular weight excluding hydrogens is 230 g/mol. The molecule has 3 aliphatic rings. The minimum atomic E-state index is 0.683. The highest BCUT2D eigenvalue weighted by Crippen LogP contribution is 2.42. The van der Waals surface area contributed by atoms with Crippen molar-refractivity contribution >= 4 is 11.1 Å². The zero-order valence-corrected chi connectivity index (χ0v) is 11.1. The topological polar surface area (TPSA) is 26.0 Å². The van der Waals surface area contributed by atoms with Gasteiger partial charge in [0, 0.05) is 5.70 Å². The van der Waals surface area contributed by atoms with E-state index in [1.807, 2.05) is 0 Å². The molecule has 2 atom stereocenters. The maximum absolute atomic E-state index is 6.09. The Morgan fingerprint density at radius 2 is 1.68 bits per heavy atom. The predicted molar refractivity (Wildman–Crippen MR) is 79.4 cm³/mol. The molecular formula is C18H19N. The van der Waals surface area contributed by atoms with Crippen molar-refractivity contribution in [3.05, 3.63) is 58.6 Å². The Labute approximate surface area is 113 Å². The van der Waals surface area contributed by atoms with Gasteiger partial charge in [0.15, 0.2) is 0 Å². The lowest BCUT2D eigenvalue weighted by molar-refractivity contribution is 0.428. The van der Waals surface area contributed by atoms with Crippen molar-refractivity contribution in [1.82, 2.24) is 0 Å². The smallest absolute Gasteiger partial charge is 0.00837 e. The molecule has 4 rings (SSSR count). The molecule has 0 saturated carbocycles. The van der Waals surface area contributed by atoms with Crippen LogP contribution in [0.3, 0.4) is 0 Å². The molecule has 2 unspecified atom stereocenters. The molecule has 1 aromatic rings. The van der Waals surface area contributed by atoms with Crippen LogP contribution in [0.15, 0.2) is 48.2 Å². The van der Waals surface area contributed by atoms with Crippen LogP contribution in [0.2, 0.25) is 0 Å². The summed E-state index contributed by atoms with van der Waals surface area (Å²) in [4.78, 5) is 0. The first kappa shape index (κ1) is 11.1. The Kier molecular flexibility index (Phi) is 2.41. The second-order valence-electron chi connectivity index (χ2n) is 5.91. The maximum atomic E-state index is 6.09. The lowest BCUT2D eigenvalue weighted by Crippen LogP contribution is -2.41. The monoisotopic (exact) mass is 249 g/mol. The van der Waals surface area contributed by atoms with E-state index in [-0.39, 0.29) is 0 Å². The highest BCUT2D eigenvalue weighted by Gasteiger charge is 2.32. The fraction of sp³-hybridized carbons (Fsp3) is 0.333. The Morgan fingerprint density at radius 3 is 2.53 bits per heavy atom. The standard InChI is InChI=1S/C18H19N/c19-12-9-10-17-15-7-2-1-5-13(15)14-6-3-4-8-16(14)18(17)11-12/h1,3-6,8,11,15,17H,2,7,9-10,19H2. The van der Waals surface area contributed by atoms with Gasteiger partial charge in [-0.25, -0.2) is 0 Å². The largest absolute Gasteiger partial charge is 0.402 e. The zero-order valence-electron chi connectivity index (χ0n) is 11.1. The Hall–Kier alpha value is -1.76. The number of nitrogens with two attached hydrogens (primary N) is 1. The number of rotatable bonds is 0. The van der Waals surface area contributed by atoms with Crippen molar-refractivity contribution in [3.63, 3.8) is 0 Å². The normalized spacial score (nSPS) is 28.3. The first-order valence-electron chi connectivity index (χ1n) is 7.30. The summed E-state index contributed by atoms with van der Waals surface area (Å²) < 4.78 is 0. The van der Waals surface area contributed by atoms with Crippen molar-refractivity contribution in [2.45, 2.75) is 25.7 Å². The van der Waals surface area contributed by atoms with Gasteiger partial charge >= 0.3 is 0 Å².